The van der Waals surface area contributed by atoms with Gasteiger partial charge >= 0.3 is 5.97 Å². The van der Waals surface area contributed by atoms with Gasteiger partial charge in [0.05, 0.1) is 23.6 Å². The molecule has 1 aliphatic heterocycles. The first-order valence-corrected chi connectivity index (χ1v) is 12.9. The van der Waals surface area contributed by atoms with Crippen LogP contribution in [0.5, 0.6) is 0 Å². The van der Waals surface area contributed by atoms with Crippen molar-refractivity contribution < 1.29 is 19.1 Å². The molecule has 0 unspecified atom stereocenters. The van der Waals surface area contributed by atoms with Crippen LogP contribution < -0.4 is 11.1 Å². The minimum atomic E-state index is -0.591. The highest BCUT2D eigenvalue weighted by Gasteiger charge is 2.56. The molecular formula is C26H24BrN7O4. The number of carbonyl (C=O) groups is 3. The van der Waals surface area contributed by atoms with E-state index in [0.717, 1.165) is 17.5 Å². The number of piperidine rings is 1. The molecule has 6 rings (SSSR count). The van der Waals surface area contributed by atoms with Crippen molar-refractivity contribution in [3.05, 3.63) is 52.4 Å². The molecule has 1 aromatic carbocycles. The van der Waals surface area contributed by atoms with Gasteiger partial charge in [-0.1, -0.05) is 6.07 Å². The Labute approximate surface area is 225 Å². The van der Waals surface area contributed by atoms with Crippen molar-refractivity contribution in [1.29, 1.82) is 0 Å². The Morgan fingerprint density at radius 3 is 2.79 bits per heavy atom. The lowest BCUT2D eigenvalue weighted by Gasteiger charge is -2.27. The van der Waals surface area contributed by atoms with Crippen LogP contribution in [0.4, 0.5) is 11.6 Å². The molecule has 0 radical (unpaired) electrons. The van der Waals surface area contributed by atoms with Crippen LogP contribution in [0, 0.1) is 12.8 Å². The summed E-state index contributed by atoms with van der Waals surface area (Å²) in [6.07, 6.45) is 2.84. The molecule has 2 amide bonds. The van der Waals surface area contributed by atoms with E-state index in [1.165, 1.54) is 13.4 Å². The number of carbonyl (C=O) groups excluding carboxylic acids is 3. The number of ether oxygens (including phenoxy) is 1. The maximum Gasteiger partial charge on any atom is 0.337 e. The zero-order valence-corrected chi connectivity index (χ0v) is 22.2. The van der Waals surface area contributed by atoms with E-state index in [1.54, 1.807) is 39.8 Å². The number of nitrogens with one attached hydrogen (secondary N) is 1. The molecule has 3 N–H and O–H groups in total. The van der Waals surface area contributed by atoms with Gasteiger partial charge in [0.2, 0.25) is 11.8 Å². The number of anilines is 2. The molecule has 194 valence electrons. The van der Waals surface area contributed by atoms with Crippen molar-refractivity contribution in [2.45, 2.75) is 38.4 Å². The molecule has 1 aliphatic carbocycles. The Morgan fingerprint density at radius 2 is 2.03 bits per heavy atom. The van der Waals surface area contributed by atoms with E-state index in [2.05, 4.69) is 36.2 Å². The first-order valence-electron chi connectivity index (χ1n) is 12.1. The van der Waals surface area contributed by atoms with E-state index in [1.807, 2.05) is 6.92 Å². The van der Waals surface area contributed by atoms with Gasteiger partial charge in [0.1, 0.15) is 40.8 Å². The lowest BCUT2D eigenvalue weighted by Crippen LogP contribution is -2.46. The quantitative estimate of drug-likeness (QED) is 0.272. The minimum absolute atomic E-state index is 0.0357. The fourth-order valence-electron chi connectivity index (χ4n) is 5.63. The topological polar surface area (TPSA) is 145 Å². The van der Waals surface area contributed by atoms with Gasteiger partial charge in [0, 0.05) is 11.4 Å². The molecule has 12 heteroatoms. The Bertz CT molecular complexity index is 1650. The number of rotatable bonds is 5. The lowest BCUT2D eigenvalue weighted by molar-refractivity contribution is -0.138. The fourth-order valence-corrected chi connectivity index (χ4v) is 5.97. The number of halogens is 1. The Kier molecular flexibility index (Phi) is 5.78. The predicted octanol–water partition coefficient (Wildman–Crippen LogP) is 3.05. The Hall–Kier alpha value is -4.06. The summed E-state index contributed by atoms with van der Waals surface area (Å²) in [6, 6.07) is 8.11. The van der Waals surface area contributed by atoms with Crippen LogP contribution in [0.15, 0.2) is 41.3 Å². The van der Waals surface area contributed by atoms with Crippen molar-refractivity contribution >= 4 is 67.3 Å². The van der Waals surface area contributed by atoms with E-state index in [0.29, 0.717) is 44.7 Å². The third-order valence-electron chi connectivity index (χ3n) is 7.33. The number of methoxy groups -OCH3 is 1. The summed E-state index contributed by atoms with van der Waals surface area (Å²) in [4.78, 5) is 53.9. The number of nitrogens with zero attached hydrogens (tertiary/aromatic N) is 5. The van der Waals surface area contributed by atoms with Gasteiger partial charge < -0.3 is 25.3 Å². The zero-order chi connectivity index (χ0) is 26.7. The van der Waals surface area contributed by atoms with Gasteiger partial charge in [-0.25, -0.2) is 19.7 Å². The van der Waals surface area contributed by atoms with Crippen molar-refractivity contribution in [2.75, 3.05) is 18.2 Å². The molecule has 4 aromatic rings. The number of esters is 1. The number of benzene rings is 1. The minimum Gasteiger partial charge on any atom is -0.465 e. The van der Waals surface area contributed by atoms with Crippen LogP contribution >= 0.6 is 15.9 Å². The third kappa shape index (κ3) is 3.95. The number of likely N-dealkylation sites (tertiary alicyclic amines) is 1. The highest BCUT2D eigenvalue weighted by atomic mass is 79.9. The molecule has 2 aliphatic rings. The van der Waals surface area contributed by atoms with Crippen LogP contribution in [0.1, 0.15) is 28.8 Å². The van der Waals surface area contributed by atoms with E-state index >= 15 is 0 Å². The molecule has 1 saturated carbocycles. The normalized spacial score (nSPS) is 20.0. The number of hydrogen-bond donors (Lipinski definition) is 2. The predicted molar refractivity (Wildman–Crippen MR) is 143 cm³/mol. The first-order chi connectivity index (χ1) is 18.3. The van der Waals surface area contributed by atoms with Crippen LogP contribution in [0.3, 0.4) is 0 Å². The molecule has 1 saturated heterocycles. The summed E-state index contributed by atoms with van der Waals surface area (Å²) in [5.41, 5.74) is 8.56. The molecular weight excluding hydrogens is 554 g/mol. The van der Waals surface area contributed by atoms with Crippen molar-refractivity contribution in [1.82, 2.24) is 24.4 Å². The Morgan fingerprint density at radius 1 is 1.21 bits per heavy atom. The van der Waals surface area contributed by atoms with Gasteiger partial charge in [-0.3, -0.25) is 9.59 Å². The SMILES string of the molecule is COC(=O)c1cc(C)c2c(c1)c1c(N)ncnc1n2CC(=O)N1[C@@H]2C[C@@H]2C[C@H]1C(=O)Nc1cccc(Br)n1. The zero-order valence-electron chi connectivity index (χ0n) is 20.6. The average molecular weight is 578 g/mol. The van der Waals surface area contributed by atoms with E-state index in [9.17, 15) is 14.4 Å². The van der Waals surface area contributed by atoms with Gasteiger partial charge in [0.15, 0.2) is 0 Å². The largest absolute Gasteiger partial charge is 0.465 e. The summed E-state index contributed by atoms with van der Waals surface area (Å²) in [7, 11) is 1.32. The summed E-state index contributed by atoms with van der Waals surface area (Å²) >= 11 is 3.31. The molecule has 3 atom stereocenters. The third-order valence-corrected chi connectivity index (χ3v) is 7.77. The van der Waals surface area contributed by atoms with Crippen molar-refractivity contribution in [3.8, 4) is 0 Å². The molecule has 2 fully saturated rings. The highest BCUT2D eigenvalue weighted by Crippen LogP contribution is 2.48. The molecule has 4 heterocycles. The second kappa shape index (κ2) is 9.05. The fraction of sp³-hybridized carbons (Fsp3) is 0.308. The highest BCUT2D eigenvalue weighted by molar-refractivity contribution is 9.10. The molecule has 0 spiro atoms. The van der Waals surface area contributed by atoms with Crippen molar-refractivity contribution in [3.63, 3.8) is 0 Å². The summed E-state index contributed by atoms with van der Waals surface area (Å²) < 4.78 is 7.31. The number of aryl methyl sites for hydroxylation is 1. The number of nitrogen functional groups attached to an aromatic ring is 1. The van der Waals surface area contributed by atoms with E-state index < -0.39 is 12.0 Å². The van der Waals surface area contributed by atoms with E-state index in [4.69, 9.17) is 10.5 Å². The van der Waals surface area contributed by atoms with Crippen molar-refractivity contribution in [2.24, 2.45) is 5.92 Å². The maximum atomic E-state index is 13.8. The van der Waals surface area contributed by atoms with Crippen LogP contribution in [0.25, 0.3) is 21.9 Å². The summed E-state index contributed by atoms with van der Waals surface area (Å²) in [6.45, 7) is 1.81. The van der Waals surface area contributed by atoms with Crippen LogP contribution in [-0.2, 0) is 20.9 Å². The van der Waals surface area contributed by atoms with Gasteiger partial charge in [0.25, 0.3) is 0 Å². The second-order valence-electron chi connectivity index (χ2n) is 9.67. The number of fused-ring (bicyclic) bond motifs is 4. The maximum absolute atomic E-state index is 13.8. The summed E-state index contributed by atoms with van der Waals surface area (Å²) in [5.74, 6) is 0.0473. The number of pyridine rings is 1. The molecule has 0 bridgehead atoms. The number of aromatic nitrogens is 4. The average Bonchev–Trinajstić information content (AvgIpc) is 3.42. The smallest absolute Gasteiger partial charge is 0.337 e. The number of hydrogen-bond acceptors (Lipinski definition) is 8. The standard InChI is InChI=1S/C26H24BrN7O4/c1-12-6-14(26(37)38-2)7-15-21-23(28)29-11-30-24(21)33(22(12)15)10-20(35)34-16-8-13(16)9-17(34)25(36)32-19-5-3-4-18(27)31-19/h3-7,11,13,16-17H,8-10H2,1-2H3,(H2,28,29,30)(H,31,32,36)/t13-,16-,17+/m1/s1. The molecule has 3 aromatic heterocycles. The summed E-state index contributed by atoms with van der Waals surface area (Å²) in [5, 5.41) is 4.07. The number of amides is 2. The molecule has 11 nitrogen and oxygen atoms in total. The molecule has 38 heavy (non-hydrogen) atoms. The lowest BCUT2D eigenvalue weighted by atomic mass is 10.1. The van der Waals surface area contributed by atoms with Gasteiger partial charge in [-0.15, -0.1) is 0 Å². The Balaban J connectivity index is 1.37. The van der Waals surface area contributed by atoms with E-state index in [-0.39, 0.29) is 30.2 Å². The number of nitrogens with two attached hydrogens (primary N) is 1. The van der Waals surface area contributed by atoms with Gasteiger partial charge in [-0.2, -0.15) is 0 Å². The first kappa shape index (κ1) is 24.3. The van der Waals surface area contributed by atoms with Crippen LogP contribution in [-0.4, -0.2) is 61.4 Å². The second-order valence-corrected chi connectivity index (χ2v) is 10.5. The van der Waals surface area contributed by atoms with Crippen LogP contribution in [0.2, 0.25) is 0 Å². The monoisotopic (exact) mass is 577 g/mol. The van der Waals surface area contributed by atoms with Gasteiger partial charge in [-0.05, 0) is 71.4 Å².